The van der Waals surface area contributed by atoms with Crippen molar-refractivity contribution in [2.45, 2.75) is 20.8 Å². The van der Waals surface area contributed by atoms with Crippen LogP contribution in [0, 0.1) is 5.41 Å². The van der Waals surface area contributed by atoms with E-state index in [0.29, 0.717) is 11.3 Å². The van der Waals surface area contributed by atoms with Gasteiger partial charge < -0.3 is 15.2 Å². The fourth-order valence-electron chi connectivity index (χ4n) is 1.85. The summed E-state index contributed by atoms with van der Waals surface area (Å²) in [6.07, 6.45) is 2.82. The number of anilines is 1. The molecular weight excluding hydrogens is 318 g/mol. The second-order valence-electron chi connectivity index (χ2n) is 6.52. The van der Waals surface area contributed by atoms with Crippen molar-refractivity contribution < 1.29 is 19.4 Å². The van der Waals surface area contributed by atoms with Gasteiger partial charge in [-0.1, -0.05) is 57.2 Å². The van der Waals surface area contributed by atoms with Crippen LogP contribution in [0.3, 0.4) is 0 Å². The Hall–Kier alpha value is -3.08. The van der Waals surface area contributed by atoms with E-state index in [1.165, 1.54) is 18.2 Å². The van der Waals surface area contributed by atoms with E-state index in [2.05, 4.69) is 5.32 Å². The number of ether oxygens (including phenoxy) is 1. The highest BCUT2D eigenvalue weighted by Gasteiger charge is 2.22. The lowest BCUT2D eigenvalue weighted by Crippen LogP contribution is -2.27. The van der Waals surface area contributed by atoms with Gasteiger partial charge in [-0.25, -0.2) is 4.79 Å². The predicted molar refractivity (Wildman–Crippen MR) is 95.1 cm³/mol. The fourth-order valence-corrected chi connectivity index (χ4v) is 1.85. The molecule has 0 heterocycles. The van der Waals surface area contributed by atoms with Crippen molar-refractivity contribution in [3.63, 3.8) is 0 Å². The molecule has 0 aliphatic heterocycles. The van der Waals surface area contributed by atoms with Crippen LogP contribution in [0.1, 0.15) is 26.3 Å². The Kier molecular flexibility index (Phi) is 5.60. The molecule has 0 spiro atoms. The van der Waals surface area contributed by atoms with Gasteiger partial charge in [0.25, 0.3) is 0 Å². The molecule has 0 saturated heterocycles. The molecule has 1 N–H and O–H groups in total. The normalized spacial score (nSPS) is 11.3. The molecule has 0 saturated carbocycles. The molecule has 0 atom stereocenters. The second kappa shape index (κ2) is 7.66. The van der Waals surface area contributed by atoms with Crippen molar-refractivity contribution in [3.05, 3.63) is 60.2 Å². The van der Waals surface area contributed by atoms with E-state index in [4.69, 9.17) is 4.74 Å². The van der Waals surface area contributed by atoms with Crippen molar-refractivity contribution in [2.24, 2.45) is 5.41 Å². The van der Waals surface area contributed by atoms with Gasteiger partial charge in [0.05, 0.1) is 5.69 Å². The third-order valence-corrected chi connectivity index (χ3v) is 3.32. The average Bonchev–Trinajstić information content (AvgIpc) is 2.55. The molecule has 0 aromatic heterocycles. The Morgan fingerprint density at radius 3 is 2.32 bits per heavy atom. The Balaban J connectivity index is 2.08. The summed E-state index contributed by atoms with van der Waals surface area (Å²) in [4.78, 5) is 24.1. The standard InChI is InChI=1S/C20H21NO4/c1-20(2,3)19(24)21-16-6-4-5-7-17(16)25-18(23)13-10-14-8-11-15(22)12-9-14/h4-13,22H,1-3H3,(H,21,24)/p-1/b13-10+. The molecular formula is C20H20NO4-. The van der Waals surface area contributed by atoms with Crippen LogP contribution in [0.25, 0.3) is 6.08 Å². The average molecular weight is 338 g/mol. The van der Waals surface area contributed by atoms with Crippen LogP contribution >= 0.6 is 0 Å². The Morgan fingerprint density at radius 1 is 1.04 bits per heavy atom. The molecule has 25 heavy (non-hydrogen) atoms. The maximum absolute atomic E-state index is 12.1. The number of amides is 1. The number of hydrogen-bond acceptors (Lipinski definition) is 4. The summed E-state index contributed by atoms with van der Waals surface area (Å²) in [5.74, 6) is -0.583. The number of para-hydroxylation sites is 2. The SMILES string of the molecule is CC(C)(C)C(=O)Nc1ccccc1OC(=O)/C=C/c1ccc([O-])cc1. The first kappa shape index (κ1) is 18.3. The highest BCUT2D eigenvalue weighted by molar-refractivity contribution is 5.97. The Morgan fingerprint density at radius 2 is 1.68 bits per heavy atom. The van der Waals surface area contributed by atoms with Crippen LogP contribution in [0.15, 0.2) is 54.6 Å². The van der Waals surface area contributed by atoms with Gasteiger partial charge in [-0.15, -0.1) is 5.75 Å². The van der Waals surface area contributed by atoms with Crippen molar-refractivity contribution >= 4 is 23.6 Å². The van der Waals surface area contributed by atoms with E-state index >= 15 is 0 Å². The van der Waals surface area contributed by atoms with Gasteiger partial charge >= 0.3 is 5.97 Å². The third kappa shape index (κ3) is 5.49. The van der Waals surface area contributed by atoms with E-state index in [1.807, 2.05) is 0 Å². The molecule has 5 nitrogen and oxygen atoms in total. The van der Waals surface area contributed by atoms with Gasteiger partial charge in [0.15, 0.2) is 5.75 Å². The monoisotopic (exact) mass is 338 g/mol. The molecule has 0 radical (unpaired) electrons. The molecule has 0 aliphatic carbocycles. The van der Waals surface area contributed by atoms with Crippen molar-refractivity contribution in [2.75, 3.05) is 5.32 Å². The lowest BCUT2D eigenvalue weighted by Gasteiger charge is -2.18. The molecule has 2 aromatic carbocycles. The van der Waals surface area contributed by atoms with Crippen LogP contribution < -0.4 is 15.2 Å². The summed E-state index contributed by atoms with van der Waals surface area (Å²) in [7, 11) is 0. The van der Waals surface area contributed by atoms with Crippen LogP contribution in [-0.4, -0.2) is 11.9 Å². The first-order chi connectivity index (χ1) is 11.8. The summed E-state index contributed by atoms with van der Waals surface area (Å²) in [5.41, 5.74) is 0.579. The second-order valence-corrected chi connectivity index (χ2v) is 6.52. The highest BCUT2D eigenvalue weighted by Crippen LogP contribution is 2.26. The van der Waals surface area contributed by atoms with Crippen LogP contribution in [0.5, 0.6) is 11.5 Å². The largest absolute Gasteiger partial charge is 0.872 e. The summed E-state index contributed by atoms with van der Waals surface area (Å²) < 4.78 is 5.30. The van der Waals surface area contributed by atoms with E-state index < -0.39 is 11.4 Å². The van der Waals surface area contributed by atoms with Crippen molar-refractivity contribution in [3.8, 4) is 11.5 Å². The first-order valence-corrected chi connectivity index (χ1v) is 7.83. The molecule has 2 aromatic rings. The molecule has 0 aliphatic rings. The van der Waals surface area contributed by atoms with E-state index in [0.717, 1.165) is 0 Å². The maximum atomic E-state index is 12.1. The summed E-state index contributed by atoms with van der Waals surface area (Å²) in [6, 6.07) is 12.8. The molecule has 5 heteroatoms. The smallest absolute Gasteiger partial charge is 0.336 e. The summed E-state index contributed by atoms with van der Waals surface area (Å²) in [6.45, 7) is 5.40. The van der Waals surface area contributed by atoms with Crippen molar-refractivity contribution in [1.82, 2.24) is 0 Å². The van der Waals surface area contributed by atoms with Gasteiger partial charge in [0.2, 0.25) is 5.91 Å². The number of rotatable bonds is 4. The molecule has 130 valence electrons. The van der Waals surface area contributed by atoms with Crippen molar-refractivity contribution in [1.29, 1.82) is 0 Å². The maximum Gasteiger partial charge on any atom is 0.336 e. The quantitative estimate of drug-likeness (QED) is 0.527. The number of benzene rings is 2. The van der Waals surface area contributed by atoms with Crippen LogP contribution in [0.4, 0.5) is 5.69 Å². The zero-order valence-corrected chi connectivity index (χ0v) is 14.4. The highest BCUT2D eigenvalue weighted by atomic mass is 16.5. The third-order valence-electron chi connectivity index (χ3n) is 3.32. The number of carbonyl (C=O) groups excluding carboxylic acids is 2. The molecule has 0 fully saturated rings. The first-order valence-electron chi connectivity index (χ1n) is 7.83. The lowest BCUT2D eigenvalue weighted by atomic mass is 9.95. The molecule has 0 bridgehead atoms. The molecule has 0 unspecified atom stereocenters. The summed E-state index contributed by atoms with van der Waals surface area (Å²) >= 11 is 0. The van der Waals surface area contributed by atoms with E-state index in [9.17, 15) is 14.7 Å². The predicted octanol–water partition coefficient (Wildman–Crippen LogP) is 3.36. The van der Waals surface area contributed by atoms with Crippen LogP contribution in [0.2, 0.25) is 0 Å². The van der Waals surface area contributed by atoms with Gasteiger partial charge in [0, 0.05) is 11.5 Å². The zero-order valence-electron chi connectivity index (χ0n) is 14.4. The van der Waals surface area contributed by atoms with E-state index in [-0.39, 0.29) is 17.4 Å². The number of carbonyl (C=O) groups is 2. The Labute approximate surface area is 146 Å². The fraction of sp³-hybridized carbons (Fsp3) is 0.200. The van der Waals surface area contributed by atoms with Gasteiger partial charge in [-0.3, -0.25) is 4.79 Å². The number of nitrogens with one attached hydrogen (secondary N) is 1. The topological polar surface area (TPSA) is 78.5 Å². The van der Waals surface area contributed by atoms with Crippen LogP contribution in [-0.2, 0) is 9.59 Å². The van der Waals surface area contributed by atoms with Gasteiger partial charge in [-0.05, 0) is 23.8 Å². The van der Waals surface area contributed by atoms with Gasteiger partial charge in [-0.2, -0.15) is 0 Å². The molecule has 1 amide bonds. The molecule has 2 rings (SSSR count). The number of esters is 1. The van der Waals surface area contributed by atoms with E-state index in [1.54, 1.807) is 63.2 Å². The van der Waals surface area contributed by atoms with Gasteiger partial charge in [0.1, 0.15) is 0 Å². The minimum Gasteiger partial charge on any atom is -0.872 e. The lowest BCUT2D eigenvalue weighted by molar-refractivity contribution is -0.268. The number of hydrogen-bond donors (Lipinski definition) is 1. The minimum atomic E-state index is -0.580. The summed E-state index contributed by atoms with van der Waals surface area (Å²) in [5, 5.41) is 13.8. The minimum absolute atomic E-state index is 0.0942. The zero-order chi connectivity index (χ0) is 18.4. The Bertz CT molecular complexity index is 786.